The molecule has 1 saturated carbocycles. The van der Waals surface area contributed by atoms with E-state index < -0.39 is 5.54 Å². The van der Waals surface area contributed by atoms with Crippen molar-refractivity contribution in [1.82, 2.24) is 5.32 Å². The van der Waals surface area contributed by atoms with Gasteiger partial charge in [-0.05, 0) is 43.6 Å². The number of benzene rings is 1. The molecule has 1 aliphatic rings. The van der Waals surface area contributed by atoms with E-state index in [4.69, 9.17) is 5.73 Å². The topological polar surface area (TPSA) is 55.1 Å². The summed E-state index contributed by atoms with van der Waals surface area (Å²) in [6.45, 7) is 6.34. The first-order valence-electron chi connectivity index (χ1n) is 7.56. The molecule has 3 nitrogen and oxygen atoms in total. The lowest BCUT2D eigenvalue weighted by Gasteiger charge is -2.34. The van der Waals surface area contributed by atoms with E-state index in [9.17, 15) is 4.79 Å². The van der Waals surface area contributed by atoms with Gasteiger partial charge in [0, 0.05) is 6.04 Å². The van der Waals surface area contributed by atoms with Crippen molar-refractivity contribution in [3.63, 3.8) is 0 Å². The van der Waals surface area contributed by atoms with Crippen molar-refractivity contribution in [2.75, 3.05) is 0 Å². The maximum absolute atomic E-state index is 12.5. The van der Waals surface area contributed by atoms with Gasteiger partial charge < -0.3 is 11.1 Å². The van der Waals surface area contributed by atoms with Gasteiger partial charge in [-0.3, -0.25) is 4.79 Å². The summed E-state index contributed by atoms with van der Waals surface area (Å²) in [5, 5.41) is 3.14. The van der Waals surface area contributed by atoms with E-state index in [0.717, 1.165) is 24.3 Å². The van der Waals surface area contributed by atoms with Crippen molar-refractivity contribution in [3.8, 4) is 0 Å². The van der Waals surface area contributed by atoms with Crippen molar-refractivity contribution in [1.29, 1.82) is 0 Å². The summed E-state index contributed by atoms with van der Waals surface area (Å²) in [6.07, 6.45) is 3.29. The first-order chi connectivity index (χ1) is 9.41. The number of carbonyl (C=O) groups excluding carboxylic acids is 1. The minimum absolute atomic E-state index is 0.0737. The van der Waals surface area contributed by atoms with Crippen molar-refractivity contribution in [2.24, 2.45) is 17.6 Å². The van der Waals surface area contributed by atoms with Crippen molar-refractivity contribution < 1.29 is 4.79 Å². The second kappa shape index (κ2) is 5.96. The van der Waals surface area contributed by atoms with Crippen LogP contribution in [-0.2, 0) is 10.3 Å². The first kappa shape index (κ1) is 15.0. The van der Waals surface area contributed by atoms with Gasteiger partial charge in [0.05, 0.1) is 0 Å². The third-order valence-corrected chi connectivity index (χ3v) is 4.78. The van der Waals surface area contributed by atoms with Crippen LogP contribution in [0, 0.1) is 11.8 Å². The monoisotopic (exact) mass is 274 g/mol. The van der Waals surface area contributed by atoms with Crippen molar-refractivity contribution in [2.45, 2.75) is 51.6 Å². The van der Waals surface area contributed by atoms with E-state index in [0.29, 0.717) is 5.92 Å². The van der Waals surface area contributed by atoms with Gasteiger partial charge in [-0.1, -0.05) is 44.2 Å². The number of rotatable bonds is 3. The van der Waals surface area contributed by atoms with Crippen LogP contribution in [0.2, 0.25) is 0 Å². The average molecular weight is 274 g/mol. The maximum atomic E-state index is 12.5. The standard InChI is InChI=1S/C17H26N2O/c1-12-9-10-15(11-13(12)2)19-16(20)17(3,18)14-7-5-4-6-8-14/h4-8,12-13,15H,9-11,18H2,1-3H3,(H,19,20). The first-order valence-corrected chi connectivity index (χ1v) is 7.56. The highest BCUT2D eigenvalue weighted by atomic mass is 16.2. The van der Waals surface area contributed by atoms with Gasteiger partial charge in [-0.15, -0.1) is 0 Å². The Hall–Kier alpha value is -1.35. The largest absolute Gasteiger partial charge is 0.351 e. The average Bonchev–Trinajstić information content (AvgIpc) is 2.44. The molecule has 110 valence electrons. The molecule has 1 aromatic carbocycles. The van der Waals surface area contributed by atoms with Crippen LogP contribution in [0.4, 0.5) is 0 Å². The molecule has 0 saturated heterocycles. The van der Waals surface area contributed by atoms with Gasteiger partial charge in [-0.25, -0.2) is 0 Å². The third-order valence-electron chi connectivity index (χ3n) is 4.78. The van der Waals surface area contributed by atoms with Crippen LogP contribution in [-0.4, -0.2) is 11.9 Å². The molecule has 0 radical (unpaired) electrons. The summed E-state index contributed by atoms with van der Waals surface area (Å²) >= 11 is 0. The zero-order valence-corrected chi connectivity index (χ0v) is 12.7. The Balaban J connectivity index is 2.01. The quantitative estimate of drug-likeness (QED) is 0.890. The molecule has 1 aromatic rings. The number of hydrogen-bond acceptors (Lipinski definition) is 2. The van der Waals surface area contributed by atoms with Crippen molar-refractivity contribution >= 4 is 5.91 Å². The summed E-state index contributed by atoms with van der Waals surface area (Å²) in [6, 6.07) is 9.84. The number of amides is 1. The Morgan fingerprint density at radius 1 is 1.20 bits per heavy atom. The molecule has 1 aliphatic carbocycles. The van der Waals surface area contributed by atoms with Crippen LogP contribution in [0.1, 0.15) is 45.6 Å². The fourth-order valence-electron chi connectivity index (χ4n) is 2.93. The van der Waals surface area contributed by atoms with Crippen LogP contribution < -0.4 is 11.1 Å². The lowest BCUT2D eigenvalue weighted by molar-refractivity contribution is -0.127. The van der Waals surface area contributed by atoms with Gasteiger partial charge in [0.15, 0.2) is 0 Å². The fraction of sp³-hybridized carbons (Fsp3) is 0.588. The maximum Gasteiger partial charge on any atom is 0.244 e. The molecule has 0 aliphatic heterocycles. The number of hydrogen-bond donors (Lipinski definition) is 2. The minimum Gasteiger partial charge on any atom is -0.351 e. The molecule has 3 heteroatoms. The minimum atomic E-state index is -0.965. The summed E-state index contributed by atoms with van der Waals surface area (Å²) in [5.41, 5.74) is 6.14. The summed E-state index contributed by atoms with van der Waals surface area (Å²) in [7, 11) is 0. The molecule has 3 N–H and O–H groups in total. The molecule has 4 atom stereocenters. The third kappa shape index (κ3) is 3.21. The van der Waals surface area contributed by atoms with E-state index >= 15 is 0 Å². The second-order valence-electron chi connectivity index (χ2n) is 6.51. The fourth-order valence-corrected chi connectivity index (χ4v) is 2.93. The zero-order chi connectivity index (χ0) is 14.8. The molecular formula is C17H26N2O. The van der Waals surface area contributed by atoms with Gasteiger partial charge in [0.1, 0.15) is 5.54 Å². The summed E-state index contributed by atoms with van der Waals surface area (Å²) < 4.78 is 0. The molecule has 1 amide bonds. The lowest BCUT2D eigenvalue weighted by Crippen LogP contribution is -2.53. The number of nitrogens with one attached hydrogen (secondary N) is 1. The van der Waals surface area contributed by atoms with E-state index in [-0.39, 0.29) is 11.9 Å². The van der Waals surface area contributed by atoms with E-state index in [1.54, 1.807) is 6.92 Å². The summed E-state index contributed by atoms with van der Waals surface area (Å²) in [5.74, 6) is 1.34. The molecule has 1 fully saturated rings. The van der Waals surface area contributed by atoms with Gasteiger partial charge in [0.25, 0.3) is 0 Å². The Bertz CT molecular complexity index is 455. The van der Waals surface area contributed by atoms with Crippen LogP contribution in [0.3, 0.4) is 0 Å². The summed E-state index contributed by atoms with van der Waals surface area (Å²) in [4.78, 5) is 12.5. The Morgan fingerprint density at radius 2 is 1.85 bits per heavy atom. The SMILES string of the molecule is CC1CCC(NC(=O)C(C)(N)c2ccccc2)CC1C. The highest BCUT2D eigenvalue weighted by Gasteiger charge is 2.33. The number of carbonyl (C=O) groups is 1. The molecule has 4 unspecified atom stereocenters. The van der Waals surface area contributed by atoms with Gasteiger partial charge in [-0.2, -0.15) is 0 Å². The molecule has 2 rings (SSSR count). The van der Waals surface area contributed by atoms with Crippen LogP contribution in [0.15, 0.2) is 30.3 Å². The molecule has 0 spiro atoms. The van der Waals surface area contributed by atoms with Crippen LogP contribution >= 0.6 is 0 Å². The predicted molar refractivity (Wildman–Crippen MR) is 82.1 cm³/mol. The van der Waals surface area contributed by atoms with Crippen molar-refractivity contribution in [3.05, 3.63) is 35.9 Å². The highest BCUT2D eigenvalue weighted by Crippen LogP contribution is 2.30. The molecule has 20 heavy (non-hydrogen) atoms. The second-order valence-corrected chi connectivity index (χ2v) is 6.51. The van der Waals surface area contributed by atoms with E-state index in [1.165, 1.54) is 6.42 Å². The van der Waals surface area contributed by atoms with Crippen LogP contribution in [0.5, 0.6) is 0 Å². The van der Waals surface area contributed by atoms with Gasteiger partial charge >= 0.3 is 0 Å². The molecule has 0 heterocycles. The van der Waals surface area contributed by atoms with Gasteiger partial charge in [0.2, 0.25) is 5.91 Å². The van der Waals surface area contributed by atoms with E-state index in [2.05, 4.69) is 19.2 Å². The smallest absolute Gasteiger partial charge is 0.244 e. The zero-order valence-electron chi connectivity index (χ0n) is 12.7. The normalized spacial score (nSPS) is 29.5. The Kier molecular flexibility index (Phi) is 4.48. The number of nitrogens with two attached hydrogens (primary N) is 1. The highest BCUT2D eigenvalue weighted by molar-refractivity contribution is 5.87. The molecular weight excluding hydrogens is 248 g/mol. The molecule has 0 bridgehead atoms. The Morgan fingerprint density at radius 3 is 2.45 bits per heavy atom. The lowest BCUT2D eigenvalue weighted by atomic mass is 9.79. The predicted octanol–water partition coefficient (Wildman–Crippen LogP) is 2.80. The molecule has 0 aromatic heterocycles. The van der Waals surface area contributed by atoms with E-state index in [1.807, 2.05) is 30.3 Å². The Labute approximate surface area is 121 Å². The van der Waals surface area contributed by atoms with Crippen LogP contribution in [0.25, 0.3) is 0 Å².